The molecule has 2 N–H and O–H groups in total. The van der Waals surface area contributed by atoms with Gasteiger partial charge in [0.1, 0.15) is 6.04 Å². The number of nitrogens with two attached hydrogens (primary N) is 1. The molecule has 1 amide bonds. The average Bonchev–Trinajstić information content (AvgIpc) is 2.16. The number of nitrogens with zero attached hydrogens (tertiary/aromatic N) is 1. The SMILES string of the molecule is COC(=O)[C@H]1CCCCN1CC(N)=O. The van der Waals surface area contributed by atoms with E-state index >= 15 is 0 Å². The van der Waals surface area contributed by atoms with Crippen LogP contribution in [0.15, 0.2) is 0 Å². The van der Waals surface area contributed by atoms with E-state index in [2.05, 4.69) is 4.74 Å². The number of carbonyl (C=O) groups excluding carboxylic acids is 2. The van der Waals surface area contributed by atoms with Crippen molar-refractivity contribution >= 4 is 11.9 Å². The zero-order valence-electron chi connectivity index (χ0n) is 8.36. The summed E-state index contributed by atoms with van der Waals surface area (Å²) in [5, 5.41) is 0. The normalized spacial score (nSPS) is 23.1. The molecule has 1 heterocycles. The lowest BCUT2D eigenvalue weighted by molar-refractivity contribution is -0.148. The molecule has 1 aliphatic rings. The van der Waals surface area contributed by atoms with Gasteiger partial charge in [-0.25, -0.2) is 0 Å². The van der Waals surface area contributed by atoms with E-state index in [1.54, 1.807) is 4.90 Å². The summed E-state index contributed by atoms with van der Waals surface area (Å²) in [4.78, 5) is 23.9. The second-order valence-corrected chi connectivity index (χ2v) is 3.47. The van der Waals surface area contributed by atoms with Gasteiger partial charge in [0, 0.05) is 0 Å². The number of methoxy groups -OCH3 is 1. The first kappa shape index (κ1) is 11.0. The van der Waals surface area contributed by atoms with Gasteiger partial charge in [0.2, 0.25) is 5.91 Å². The van der Waals surface area contributed by atoms with E-state index in [0.717, 1.165) is 25.8 Å². The fourth-order valence-electron chi connectivity index (χ4n) is 1.78. The van der Waals surface area contributed by atoms with Gasteiger partial charge < -0.3 is 10.5 Å². The van der Waals surface area contributed by atoms with Crippen molar-refractivity contribution in [2.45, 2.75) is 25.3 Å². The number of piperidine rings is 1. The highest BCUT2D eigenvalue weighted by Crippen LogP contribution is 2.17. The maximum absolute atomic E-state index is 11.3. The summed E-state index contributed by atoms with van der Waals surface area (Å²) in [6.45, 7) is 0.877. The number of carbonyl (C=O) groups is 2. The van der Waals surface area contributed by atoms with Crippen molar-refractivity contribution < 1.29 is 14.3 Å². The maximum atomic E-state index is 11.3. The van der Waals surface area contributed by atoms with E-state index in [0.29, 0.717) is 0 Å². The Kier molecular flexibility index (Phi) is 3.88. The number of ether oxygens (including phenoxy) is 1. The van der Waals surface area contributed by atoms with Crippen molar-refractivity contribution in [2.24, 2.45) is 5.73 Å². The monoisotopic (exact) mass is 200 g/mol. The summed E-state index contributed by atoms with van der Waals surface area (Å²) < 4.78 is 4.67. The van der Waals surface area contributed by atoms with Crippen LogP contribution in [0.3, 0.4) is 0 Å². The molecule has 0 unspecified atom stereocenters. The van der Waals surface area contributed by atoms with Gasteiger partial charge in [0.25, 0.3) is 0 Å². The van der Waals surface area contributed by atoms with Crippen molar-refractivity contribution in [1.29, 1.82) is 0 Å². The predicted molar refractivity (Wildman–Crippen MR) is 50.4 cm³/mol. The summed E-state index contributed by atoms with van der Waals surface area (Å²) in [5.41, 5.74) is 5.09. The number of primary amides is 1. The number of esters is 1. The second-order valence-electron chi connectivity index (χ2n) is 3.47. The number of rotatable bonds is 3. The van der Waals surface area contributed by atoms with Crippen LogP contribution in [-0.2, 0) is 14.3 Å². The van der Waals surface area contributed by atoms with Crippen molar-refractivity contribution in [3.63, 3.8) is 0 Å². The van der Waals surface area contributed by atoms with E-state index in [1.807, 2.05) is 0 Å². The van der Waals surface area contributed by atoms with Gasteiger partial charge in [-0.2, -0.15) is 0 Å². The molecule has 0 saturated carbocycles. The van der Waals surface area contributed by atoms with Gasteiger partial charge in [-0.1, -0.05) is 6.42 Å². The molecule has 5 heteroatoms. The van der Waals surface area contributed by atoms with Crippen molar-refractivity contribution in [3.05, 3.63) is 0 Å². The zero-order valence-corrected chi connectivity index (χ0v) is 8.36. The smallest absolute Gasteiger partial charge is 0.323 e. The largest absolute Gasteiger partial charge is 0.468 e. The van der Waals surface area contributed by atoms with Crippen LogP contribution < -0.4 is 5.73 Å². The lowest BCUT2D eigenvalue weighted by Crippen LogP contribution is -2.48. The number of hydrogen-bond acceptors (Lipinski definition) is 4. The molecule has 1 saturated heterocycles. The van der Waals surface area contributed by atoms with Crippen LogP contribution in [0.25, 0.3) is 0 Å². The molecule has 1 atom stereocenters. The third-order valence-electron chi connectivity index (χ3n) is 2.45. The van der Waals surface area contributed by atoms with Crippen molar-refractivity contribution in [2.75, 3.05) is 20.2 Å². The first-order valence-corrected chi connectivity index (χ1v) is 4.75. The first-order valence-electron chi connectivity index (χ1n) is 4.75. The minimum Gasteiger partial charge on any atom is -0.468 e. The highest BCUT2D eigenvalue weighted by Gasteiger charge is 2.29. The summed E-state index contributed by atoms with van der Waals surface area (Å²) in [6.07, 6.45) is 2.75. The van der Waals surface area contributed by atoms with Gasteiger partial charge in [0.05, 0.1) is 13.7 Å². The van der Waals surface area contributed by atoms with Gasteiger partial charge in [-0.05, 0) is 19.4 Å². The average molecular weight is 200 g/mol. The third-order valence-corrected chi connectivity index (χ3v) is 2.45. The number of hydrogen-bond donors (Lipinski definition) is 1. The van der Waals surface area contributed by atoms with E-state index in [-0.39, 0.29) is 18.6 Å². The van der Waals surface area contributed by atoms with Crippen LogP contribution in [0.5, 0.6) is 0 Å². The lowest BCUT2D eigenvalue weighted by Gasteiger charge is -2.32. The van der Waals surface area contributed by atoms with Crippen molar-refractivity contribution in [1.82, 2.24) is 4.90 Å². The molecular weight excluding hydrogens is 184 g/mol. The lowest BCUT2D eigenvalue weighted by atomic mass is 10.0. The molecule has 0 aromatic carbocycles. The minimum absolute atomic E-state index is 0.139. The molecular formula is C9H16N2O3. The van der Waals surface area contributed by atoms with E-state index < -0.39 is 5.91 Å². The Morgan fingerprint density at radius 1 is 1.50 bits per heavy atom. The Bertz CT molecular complexity index is 230. The van der Waals surface area contributed by atoms with E-state index in [9.17, 15) is 9.59 Å². The fourth-order valence-corrected chi connectivity index (χ4v) is 1.78. The molecule has 0 spiro atoms. The summed E-state index contributed by atoms with van der Waals surface area (Å²) >= 11 is 0. The molecule has 80 valence electrons. The molecule has 0 aromatic heterocycles. The minimum atomic E-state index is -0.402. The number of likely N-dealkylation sites (tertiary alicyclic amines) is 1. The molecule has 5 nitrogen and oxygen atoms in total. The highest BCUT2D eigenvalue weighted by atomic mass is 16.5. The zero-order chi connectivity index (χ0) is 10.6. The Hall–Kier alpha value is -1.10. The van der Waals surface area contributed by atoms with Gasteiger partial charge in [-0.3, -0.25) is 14.5 Å². The Morgan fingerprint density at radius 3 is 2.79 bits per heavy atom. The van der Waals surface area contributed by atoms with Gasteiger partial charge in [0.15, 0.2) is 0 Å². The molecule has 0 aromatic rings. The molecule has 0 bridgehead atoms. The highest BCUT2D eigenvalue weighted by molar-refractivity contribution is 5.79. The standard InChI is InChI=1S/C9H16N2O3/c1-14-9(13)7-4-2-3-5-11(7)6-8(10)12/h7H,2-6H2,1H3,(H2,10,12)/t7-/m1/s1. The molecule has 1 aliphatic heterocycles. The molecule has 14 heavy (non-hydrogen) atoms. The van der Waals surface area contributed by atoms with Gasteiger partial charge in [-0.15, -0.1) is 0 Å². The number of amides is 1. The van der Waals surface area contributed by atoms with Crippen LogP contribution in [0, 0.1) is 0 Å². The van der Waals surface area contributed by atoms with E-state index in [4.69, 9.17) is 5.73 Å². The summed E-state index contributed by atoms with van der Waals surface area (Å²) in [6, 6.07) is -0.291. The first-order chi connectivity index (χ1) is 6.65. The van der Waals surface area contributed by atoms with Crippen molar-refractivity contribution in [3.8, 4) is 0 Å². The summed E-state index contributed by atoms with van der Waals surface area (Å²) in [7, 11) is 1.36. The van der Waals surface area contributed by atoms with Crippen LogP contribution in [-0.4, -0.2) is 43.0 Å². The Labute approximate surface area is 83.2 Å². The topological polar surface area (TPSA) is 72.6 Å². The maximum Gasteiger partial charge on any atom is 0.323 e. The molecule has 1 rings (SSSR count). The van der Waals surface area contributed by atoms with E-state index in [1.165, 1.54) is 7.11 Å². The van der Waals surface area contributed by atoms with Crippen LogP contribution in [0.4, 0.5) is 0 Å². The molecule has 0 aliphatic carbocycles. The Morgan fingerprint density at radius 2 is 2.21 bits per heavy atom. The van der Waals surface area contributed by atoms with Crippen LogP contribution in [0.2, 0.25) is 0 Å². The second kappa shape index (κ2) is 4.95. The van der Waals surface area contributed by atoms with Crippen LogP contribution in [0.1, 0.15) is 19.3 Å². The third kappa shape index (κ3) is 2.70. The quantitative estimate of drug-likeness (QED) is 0.623. The molecule has 0 radical (unpaired) electrons. The summed E-state index contributed by atoms with van der Waals surface area (Å²) in [5.74, 6) is -0.674. The van der Waals surface area contributed by atoms with Crippen LogP contribution >= 0.6 is 0 Å². The van der Waals surface area contributed by atoms with Gasteiger partial charge >= 0.3 is 5.97 Å². The Balaban J connectivity index is 2.58. The predicted octanol–water partition coefficient (Wildman–Crippen LogP) is -0.501. The fraction of sp³-hybridized carbons (Fsp3) is 0.778. The molecule has 1 fully saturated rings.